The largest absolute Gasteiger partial charge is 0.488 e. The number of anilines is 3. The molecule has 0 atom stereocenters. The molecule has 0 bridgehead atoms. The van der Waals surface area contributed by atoms with Crippen molar-refractivity contribution in [3.8, 4) is 28.3 Å². The van der Waals surface area contributed by atoms with Gasteiger partial charge in [0.05, 0.1) is 12.6 Å². The first kappa shape index (κ1) is 29.9. The molecule has 5 aromatic rings. The van der Waals surface area contributed by atoms with Crippen LogP contribution in [-0.4, -0.2) is 5.60 Å². The van der Waals surface area contributed by atoms with E-state index in [0.29, 0.717) is 17.8 Å². The molecule has 1 heterocycles. The highest BCUT2D eigenvalue weighted by Crippen LogP contribution is 2.37. The van der Waals surface area contributed by atoms with E-state index in [2.05, 4.69) is 131 Å². The first-order chi connectivity index (χ1) is 22.4. The minimum Gasteiger partial charge on any atom is -0.488 e. The monoisotopic (exact) mass is 595 g/mol. The third kappa shape index (κ3) is 6.83. The van der Waals surface area contributed by atoms with Gasteiger partial charge in [-0.3, -0.25) is 0 Å². The Balaban J connectivity index is 1.32. The average molecular weight is 596 g/mol. The van der Waals surface area contributed by atoms with Crippen molar-refractivity contribution in [2.45, 2.75) is 25.9 Å². The summed E-state index contributed by atoms with van der Waals surface area (Å²) in [7, 11) is 0. The van der Waals surface area contributed by atoms with Gasteiger partial charge in [0, 0.05) is 23.5 Å². The predicted molar refractivity (Wildman–Crippen MR) is 188 cm³/mol. The Kier molecular flexibility index (Phi) is 8.64. The van der Waals surface area contributed by atoms with Crippen LogP contribution in [0.15, 0.2) is 163 Å². The Bertz CT molecular complexity index is 1890. The zero-order chi connectivity index (χ0) is 31.9. The molecule has 0 fully saturated rings. The molecule has 6 rings (SSSR count). The predicted octanol–water partition coefficient (Wildman–Crippen LogP) is 11.3. The van der Waals surface area contributed by atoms with Gasteiger partial charge in [0.25, 0.3) is 5.70 Å². The second kappa shape index (κ2) is 13.3. The third-order valence-electron chi connectivity index (χ3n) is 7.91. The molecule has 0 saturated heterocycles. The van der Waals surface area contributed by atoms with E-state index in [1.54, 1.807) is 6.08 Å². The van der Waals surface area contributed by atoms with E-state index < -0.39 is 5.60 Å². The van der Waals surface area contributed by atoms with Crippen LogP contribution < -0.4 is 4.90 Å². The molecular weight excluding hydrogens is 562 g/mol. The van der Waals surface area contributed by atoms with E-state index in [1.807, 2.05) is 44.2 Å². The van der Waals surface area contributed by atoms with Gasteiger partial charge in [-0.2, -0.15) is 0 Å². The number of allylic oxidation sites excluding steroid dienone is 3. The molecule has 0 radical (unpaired) electrons. The number of hydrogen-bond donors (Lipinski definition) is 0. The van der Waals surface area contributed by atoms with E-state index in [0.717, 1.165) is 22.6 Å². The van der Waals surface area contributed by atoms with Gasteiger partial charge in [-0.05, 0) is 95.8 Å². The van der Waals surface area contributed by atoms with Crippen molar-refractivity contribution in [1.29, 1.82) is 5.26 Å². The summed E-state index contributed by atoms with van der Waals surface area (Å²) in [6.45, 7) is 11.3. The highest BCUT2D eigenvalue weighted by atomic mass is 16.5. The lowest BCUT2D eigenvalue weighted by molar-refractivity contribution is 0.0356. The van der Waals surface area contributed by atoms with Gasteiger partial charge in [-0.1, -0.05) is 103 Å². The second-order valence-electron chi connectivity index (χ2n) is 11.8. The molecule has 0 unspecified atom stereocenters. The van der Waals surface area contributed by atoms with Crippen molar-refractivity contribution in [3.05, 3.63) is 180 Å². The van der Waals surface area contributed by atoms with Crippen LogP contribution >= 0.6 is 0 Å². The zero-order valence-electron chi connectivity index (χ0n) is 25.9. The van der Waals surface area contributed by atoms with E-state index in [9.17, 15) is 5.26 Å². The molecule has 5 aromatic carbocycles. The van der Waals surface area contributed by atoms with Gasteiger partial charge >= 0.3 is 0 Å². The number of ether oxygens (including phenoxy) is 1. The maximum absolute atomic E-state index is 9.40. The summed E-state index contributed by atoms with van der Waals surface area (Å²) in [4.78, 5) is 5.67. The molecule has 1 aliphatic rings. The van der Waals surface area contributed by atoms with E-state index in [4.69, 9.17) is 11.3 Å². The molecule has 46 heavy (non-hydrogen) atoms. The highest BCUT2D eigenvalue weighted by Gasteiger charge is 2.27. The molecule has 4 nitrogen and oxygen atoms in total. The van der Waals surface area contributed by atoms with Crippen LogP contribution in [0.5, 0.6) is 0 Å². The first-order valence-electron chi connectivity index (χ1n) is 15.2. The average Bonchev–Trinajstić information content (AvgIpc) is 3.09. The standard InChI is InChI=1S/C42H33N3O/c1-42(2)29-36(41(30-43)44-3)28-40(46-42)27-16-31-14-21-37(22-15-31)45(38-23-17-34(18-24-38)32-10-6-4-7-11-32)39-25-19-35(20-26-39)33-12-8-5-9-13-33/h4-28H,29H2,1-2H3/b27-16+,41-36+. The van der Waals surface area contributed by atoms with Crippen LogP contribution in [0.4, 0.5) is 17.1 Å². The van der Waals surface area contributed by atoms with Crippen molar-refractivity contribution in [3.63, 3.8) is 0 Å². The summed E-state index contributed by atoms with van der Waals surface area (Å²) in [5, 5.41) is 9.40. The lowest BCUT2D eigenvalue weighted by Crippen LogP contribution is -2.27. The van der Waals surface area contributed by atoms with Gasteiger partial charge in [0.2, 0.25) is 0 Å². The van der Waals surface area contributed by atoms with Crippen molar-refractivity contribution in [1.82, 2.24) is 0 Å². The molecule has 0 N–H and O–H groups in total. The van der Waals surface area contributed by atoms with Crippen LogP contribution in [0.1, 0.15) is 25.8 Å². The fourth-order valence-corrected chi connectivity index (χ4v) is 5.70. The summed E-state index contributed by atoms with van der Waals surface area (Å²) in [5.41, 5.74) is 9.18. The highest BCUT2D eigenvalue weighted by molar-refractivity contribution is 5.80. The van der Waals surface area contributed by atoms with Crippen molar-refractivity contribution in [2.75, 3.05) is 4.90 Å². The molecule has 1 aliphatic heterocycles. The molecule has 0 amide bonds. The Hall–Kier alpha value is -6.10. The lowest BCUT2D eigenvalue weighted by Gasteiger charge is -2.32. The maximum atomic E-state index is 9.40. The van der Waals surface area contributed by atoms with Crippen molar-refractivity contribution in [2.24, 2.45) is 0 Å². The van der Waals surface area contributed by atoms with E-state index in [-0.39, 0.29) is 5.70 Å². The Morgan fingerprint density at radius 1 is 0.696 bits per heavy atom. The minimum atomic E-state index is -0.507. The smallest absolute Gasteiger partial charge is 0.265 e. The van der Waals surface area contributed by atoms with Gasteiger partial charge in [-0.15, -0.1) is 0 Å². The number of hydrogen-bond acceptors (Lipinski definition) is 3. The van der Waals surface area contributed by atoms with Gasteiger partial charge in [0.1, 0.15) is 11.4 Å². The Labute approximate surface area is 271 Å². The topological polar surface area (TPSA) is 40.6 Å². The fraction of sp³-hybridized carbons (Fsp3) is 0.0952. The SMILES string of the molecule is [C-]#[N+]/C(C#N)=C1C=C(/C=C/c2ccc(N(c3ccc(-c4ccccc4)cc3)c3ccc(-c4ccccc4)cc3)cc2)OC(C)(C)C\1. The summed E-state index contributed by atoms with van der Waals surface area (Å²) in [5.74, 6) is 0.630. The first-order valence-corrected chi connectivity index (χ1v) is 15.2. The summed E-state index contributed by atoms with van der Waals surface area (Å²) >= 11 is 0. The quantitative estimate of drug-likeness (QED) is 0.139. The van der Waals surface area contributed by atoms with Gasteiger partial charge in [0.15, 0.2) is 0 Å². The van der Waals surface area contributed by atoms with Gasteiger partial charge < -0.3 is 9.64 Å². The van der Waals surface area contributed by atoms with E-state index in [1.165, 1.54) is 22.3 Å². The van der Waals surface area contributed by atoms with Crippen LogP contribution in [0, 0.1) is 17.9 Å². The third-order valence-corrected chi connectivity index (χ3v) is 7.91. The fourth-order valence-electron chi connectivity index (χ4n) is 5.70. The summed E-state index contributed by atoms with van der Waals surface area (Å²) in [6, 6.07) is 48.6. The maximum Gasteiger partial charge on any atom is 0.265 e. The van der Waals surface area contributed by atoms with E-state index >= 15 is 0 Å². The number of rotatable bonds is 7. The number of nitrogens with zero attached hydrogens (tertiary/aromatic N) is 3. The molecular formula is C42H33N3O. The van der Waals surface area contributed by atoms with Crippen LogP contribution in [0.3, 0.4) is 0 Å². The minimum absolute atomic E-state index is 0.111. The normalized spacial score (nSPS) is 14.8. The Morgan fingerprint density at radius 3 is 1.61 bits per heavy atom. The van der Waals surface area contributed by atoms with Crippen LogP contribution in [0.2, 0.25) is 0 Å². The van der Waals surface area contributed by atoms with Gasteiger partial charge in [-0.25, -0.2) is 10.1 Å². The number of nitriles is 1. The second-order valence-corrected chi connectivity index (χ2v) is 11.8. The molecule has 4 heteroatoms. The molecule has 0 saturated carbocycles. The van der Waals surface area contributed by atoms with Crippen molar-refractivity contribution < 1.29 is 4.74 Å². The molecule has 0 spiro atoms. The van der Waals surface area contributed by atoms with Crippen LogP contribution in [-0.2, 0) is 4.74 Å². The number of benzene rings is 5. The summed E-state index contributed by atoms with van der Waals surface area (Å²) in [6.07, 6.45) is 6.20. The molecule has 0 aromatic heterocycles. The van der Waals surface area contributed by atoms with Crippen molar-refractivity contribution >= 4 is 23.1 Å². The molecule has 0 aliphatic carbocycles. The lowest BCUT2D eigenvalue weighted by atomic mass is 9.93. The summed E-state index contributed by atoms with van der Waals surface area (Å²) < 4.78 is 6.15. The molecule has 222 valence electrons. The van der Waals surface area contributed by atoms with Crippen LogP contribution in [0.25, 0.3) is 33.2 Å². The Morgan fingerprint density at radius 2 is 1.15 bits per heavy atom. The zero-order valence-corrected chi connectivity index (χ0v) is 25.9.